The standard InChI is InChI=1S/C27H36N4O2/c1-21-6-3-4-8-24(21)13-16-30-15-5-7-23(20-30)19-29(2)26(32)18-22-9-11-25(12-10-22)31-17-14-28-27(31)33/h3-4,6,8-12,23H,5,7,13-20H2,1-2H3,(H,28,33)/t23-/m0/s1. The normalized spacial score (nSPS) is 18.9. The van der Waals surface area contributed by atoms with Gasteiger partial charge in [-0.15, -0.1) is 0 Å². The van der Waals surface area contributed by atoms with Crippen LogP contribution in [0.5, 0.6) is 0 Å². The summed E-state index contributed by atoms with van der Waals surface area (Å²) in [5, 5.41) is 2.81. The first-order valence-corrected chi connectivity index (χ1v) is 12.1. The highest BCUT2D eigenvalue weighted by Gasteiger charge is 2.23. The van der Waals surface area contributed by atoms with E-state index in [1.807, 2.05) is 36.2 Å². The minimum absolute atomic E-state index is 0.0565. The molecule has 2 fully saturated rings. The fourth-order valence-corrected chi connectivity index (χ4v) is 4.98. The zero-order valence-electron chi connectivity index (χ0n) is 19.9. The number of amides is 3. The summed E-state index contributed by atoms with van der Waals surface area (Å²) in [5.74, 6) is 0.680. The number of aryl methyl sites for hydroxylation is 1. The van der Waals surface area contributed by atoms with Gasteiger partial charge in [-0.05, 0) is 67.5 Å². The van der Waals surface area contributed by atoms with Gasteiger partial charge in [0.1, 0.15) is 0 Å². The van der Waals surface area contributed by atoms with Gasteiger partial charge in [-0.25, -0.2) is 4.79 Å². The zero-order valence-corrected chi connectivity index (χ0v) is 19.9. The summed E-state index contributed by atoms with van der Waals surface area (Å²) in [7, 11) is 1.93. The molecule has 4 rings (SSSR count). The molecule has 6 heteroatoms. The summed E-state index contributed by atoms with van der Waals surface area (Å²) in [6.07, 6.45) is 3.87. The van der Waals surface area contributed by atoms with E-state index in [1.165, 1.54) is 24.0 Å². The first kappa shape index (κ1) is 23.3. The van der Waals surface area contributed by atoms with Crippen LogP contribution in [0.2, 0.25) is 0 Å². The number of likely N-dealkylation sites (tertiary alicyclic amines) is 1. The van der Waals surface area contributed by atoms with E-state index in [0.717, 1.165) is 43.9 Å². The minimum Gasteiger partial charge on any atom is -0.345 e. The van der Waals surface area contributed by atoms with E-state index >= 15 is 0 Å². The Hall–Kier alpha value is -2.86. The summed E-state index contributed by atoms with van der Waals surface area (Å²) in [6, 6.07) is 16.4. The Bertz CT molecular complexity index is 959. The molecule has 176 valence electrons. The Morgan fingerprint density at radius 2 is 1.91 bits per heavy atom. The van der Waals surface area contributed by atoms with Crippen LogP contribution in [0.1, 0.15) is 29.5 Å². The molecular formula is C27H36N4O2. The Kier molecular flexibility index (Phi) is 7.65. The largest absolute Gasteiger partial charge is 0.345 e. The van der Waals surface area contributed by atoms with E-state index in [9.17, 15) is 9.59 Å². The molecular weight excluding hydrogens is 412 g/mol. The predicted molar refractivity (Wildman–Crippen MR) is 133 cm³/mol. The van der Waals surface area contributed by atoms with E-state index in [0.29, 0.717) is 25.4 Å². The Morgan fingerprint density at radius 1 is 1.12 bits per heavy atom. The molecule has 2 heterocycles. The van der Waals surface area contributed by atoms with Crippen molar-refractivity contribution in [2.45, 2.75) is 32.6 Å². The van der Waals surface area contributed by atoms with Crippen LogP contribution in [-0.2, 0) is 17.6 Å². The van der Waals surface area contributed by atoms with Crippen LogP contribution in [-0.4, -0.2) is 68.1 Å². The highest BCUT2D eigenvalue weighted by molar-refractivity contribution is 5.94. The number of urea groups is 1. The summed E-state index contributed by atoms with van der Waals surface area (Å²) >= 11 is 0. The van der Waals surface area contributed by atoms with Crippen LogP contribution < -0.4 is 10.2 Å². The summed E-state index contributed by atoms with van der Waals surface area (Å²) in [6.45, 7) is 7.66. The van der Waals surface area contributed by atoms with Crippen LogP contribution >= 0.6 is 0 Å². The molecule has 0 bridgehead atoms. The maximum atomic E-state index is 12.8. The first-order chi connectivity index (χ1) is 16.0. The number of anilines is 1. The number of hydrogen-bond donors (Lipinski definition) is 1. The van der Waals surface area contributed by atoms with Crippen molar-refractivity contribution in [2.24, 2.45) is 5.92 Å². The van der Waals surface area contributed by atoms with Gasteiger partial charge in [0, 0.05) is 45.5 Å². The molecule has 3 amide bonds. The number of piperidine rings is 1. The average Bonchev–Trinajstić information content (AvgIpc) is 3.25. The van der Waals surface area contributed by atoms with Crippen LogP contribution in [0.4, 0.5) is 10.5 Å². The fraction of sp³-hybridized carbons (Fsp3) is 0.481. The molecule has 2 aliphatic rings. The van der Waals surface area contributed by atoms with Crippen molar-refractivity contribution in [1.82, 2.24) is 15.1 Å². The lowest BCUT2D eigenvalue weighted by atomic mass is 9.96. The molecule has 33 heavy (non-hydrogen) atoms. The lowest BCUT2D eigenvalue weighted by molar-refractivity contribution is -0.130. The molecule has 6 nitrogen and oxygen atoms in total. The molecule has 2 aliphatic heterocycles. The number of nitrogens with zero attached hydrogens (tertiary/aromatic N) is 3. The highest BCUT2D eigenvalue weighted by Crippen LogP contribution is 2.20. The molecule has 0 spiro atoms. The molecule has 1 atom stereocenters. The number of nitrogens with one attached hydrogen (secondary N) is 1. The van der Waals surface area contributed by atoms with Crippen LogP contribution in [0.3, 0.4) is 0 Å². The molecule has 2 aromatic rings. The number of hydrogen-bond acceptors (Lipinski definition) is 3. The van der Waals surface area contributed by atoms with E-state index in [-0.39, 0.29) is 11.9 Å². The van der Waals surface area contributed by atoms with Crippen molar-refractivity contribution < 1.29 is 9.59 Å². The molecule has 0 aliphatic carbocycles. The zero-order chi connectivity index (χ0) is 23.2. The topological polar surface area (TPSA) is 55.9 Å². The van der Waals surface area contributed by atoms with Crippen molar-refractivity contribution in [2.75, 3.05) is 51.2 Å². The number of likely N-dealkylation sites (N-methyl/N-ethyl adjacent to an activating group) is 1. The highest BCUT2D eigenvalue weighted by atomic mass is 16.2. The second-order valence-electron chi connectivity index (χ2n) is 9.49. The minimum atomic E-state index is -0.0565. The number of carbonyl (C=O) groups is 2. The predicted octanol–water partition coefficient (Wildman–Crippen LogP) is 3.48. The summed E-state index contributed by atoms with van der Waals surface area (Å²) in [5.41, 5.74) is 4.66. The third kappa shape index (κ3) is 6.14. The van der Waals surface area contributed by atoms with Crippen molar-refractivity contribution >= 4 is 17.6 Å². The van der Waals surface area contributed by atoms with Gasteiger partial charge in [0.2, 0.25) is 5.91 Å². The van der Waals surface area contributed by atoms with Gasteiger partial charge in [-0.3, -0.25) is 9.69 Å². The molecule has 0 unspecified atom stereocenters. The smallest absolute Gasteiger partial charge is 0.321 e. The van der Waals surface area contributed by atoms with Crippen LogP contribution in [0.15, 0.2) is 48.5 Å². The third-order valence-electron chi connectivity index (χ3n) is 6.98. The second kappa shape index (κ2) is 10.8. The molecule has 0 aromatic heterocycles. The monoisotopic (exact) mass is 448 g/mol. The van der Waals surface area contributed by atoms with Gasteiger partial charge < -0.3 is 15.1 Å². The molecule has 2 saturated heterocycles. The van der Waals surface area contributed by atoms with Crippen molar-refractivity contribution in [3.8, 4) is 0 Å². The van der Waals surface area contributed by atoms with Crippen LogP contribution in [0, 0.1) is 12.8 Å². The van der Waals surface area contributed by atoms with Gasteiger partial charge in [-0.2, -0.15) is 0 Å². The quantitative estimate of drug-likeness (QED) is 0.673. The van der Waals surface area contributed by atoms with Crippen LogP contribution in [0.25, 0.3) is 0 Å². The van der Waals surface area contributed by atoms with Crippen molar-refractivity contribution in [3.05, 3.63) is 65.2 Å². The lowest BCUT2D eigenvalue weighted by Crippen LogP contribution is -2.42. The molecule has 1 N–H and O–H groups in total. The van der Waals surface area contributed by atoms with E-state index in [2.05, 4.69) is 41.4 Å². The SMILES string of the molecule is Cc1ccccc1CCN1CCC[C@@H](CN(C)C(=O)Cc2ccc(N3CCNC3=O)cc2)C1. The number of carbonyl (C=O) groups excluding carboxylic acids is 2. The van der Waals surface area contributed by atoms with E-state index in [4.69, 9.17) is 0 Å². The van der Waals surface area contributed by atoms with Crippen molar-refractivity contribution in [1.29, 1.82) is 0 Å². The van der Waals surface area contributed by atoms with Gasteiger partial charge >= 0.3 is 6.03 Å². The van der Waals surface area contributed by atoms with Gasteiger partial charge in [0.25, 0.3) is 0 Å². The summed E-state index contributed by atoms with van der Waals surface area (Å²) < 4.78 is 0. The maximum absolute atomic E-state index is 12.8. The lowest BCUT2D eigenvalue weighted by Gasteiger charge is -2.35. The second-order valence-corrected chi connectivity index (χ2v) is 9.49. The molecule has 2 aromatic carbocycles. The number of benzene rings is 2. The Labute approximate surface area is 197 Å². The Morgan fingerprint density at radius 3 is 2.64 bits per heavy atom. The van der Waals surface area contributed by atoms with Gasteiger partial charge in [0.15, 0.2) is 0 Å². The average molecular weight is 449 g/mol. The fourth-order valence-electron chi connectivity index (χ4n) is 4.98. The molecule has 0 radical (unpaired) electrons. The number of rotatable bonds is 8. The Balaban J connectivity index is 1.24. The van der Waals surface area contributed by atoms with E-state index < -0.39 is 0 Å². The summed E-state index contributed by atoms with van der Waals surface area (Å²) in [4.78, 5) is 30.9. The first-order valence-electron chi connectivity index (χ1n) is 12.1. The van der Waals surface area contributed by atoms with Gasteiger partial charge in [0.05, 0.1) is 6.42 Å². The third-order valence-corrected chi connectivity index (χ3v) is 6.98. The van der Waals surface area contributed by atoms with Gasteiger partial charge in [-0.1, -0.05) is 36.4 Å². The maximum Gasteiger partial charge on any atom is 0.321 e. The van der Waals surface area contributed by atoms with E-state index in [1.54, 1.807) is 4.90 Å². The molecule has 0 saturated carbocycles. The van der Waals surface area contributed by atoms with Crippen molar-refractivity contribution in [3.63, 3.8) is 0 Å².